The molecule has 0 spiro atoms. The minimum atomic E-state index is -0.422. The summed E-state index contributed by atoms with van der Waals surface area (Å²) in [6.07, 6.45) is 5.71. The average molecular weight is 261 g/mol. The van der Waals surface area contributed by atoms with Crippen molar-refractivity contribution in [2.45, 2.75) is 38.1 Å². The van der Waals surface area contributed by atoms with E-state index >= 15 is 0 Å². The summed E-state index contributed by atoms with van der Waals surface area (Å²) >= 11 is 0. The number of hydrogen-bond donors (Lipinski definition) is 1. The summed E-state index contributed by atoms with van der Waals surface area (Å²) in [5.74, 6) is 1.03. The Kier molecular flexibility index (Phi) is 3.90. The fourth-order valence-corrected chi connectivity index (χ4v) is 3.20. The van der Waals surface area contributed by atoms with E-state index in [0.717, 1.165) is 19.3 Å². The summed E-state index contributed by atoms with van der Waals surface area (Å²) < 4.78 is 0. The molecule has 4 nitrogen and oxygen atoms in total. The Morgan fingerprint density at radius 2 is 2.26 bits per heavy atom. The molecule has 1 aromatic rings. The first-order valence-electron chi connectivity index (χ1n) is 6.90. The largest absolute Gasteiger partial charge is 0.383 e. The van der Waals surface area contributed by atoms with Crippen LogP contribution in [0, 0.1) is 5.92 Å². The third-order valence-electron chi connectivity index (χ3n) is 4.34. The molecular weight excluding hydrogens is 238 g/mol. The van der Waals surface area contributed by atoms with Gasteiger partial charge in [-0.2, -0.15) is 0 Å². The molecule has 19 heavy (non-hydrogen) atoms. The van der Waals surface area contributed by atoms with Crippen molar-refractivity contribution in [1.82, 2.24) is 9.88 Å². The highest BCUT2D eigenvalue weighted by atomic mass is 16.1. The zero-order valence-electron chi connectivity index (χ0n) is 12.0. The molecule has 2 atom stereocenters. The maximum atomic E-state index is 13.0. The van der Waals surface area contributed by atoms with Crippen LogP contribution in [-0.2, 0) is 0 Å². The fraction of sp³-hybridized carbons (Fsp3) is 0.600. The lowest BCUT2D eigenvalue weighted by atomic mass is 9.71. The maximum Gasteiger partial charge on any atom is 0.186 e. The van der Waals surface area contributed by atoms with Crippen LogP contribution in [0.3, 0.4) is 0 Å². The second-order valence-electron chi connectivity index (χ2n) is 5.89. The maximum absolute atomic E-state index is 13.0. The van der Waals surface area contributed by atoms with Crippen molar-refractivity contribution in [2.75, 3.05) is 19.8 Å². The number of pyridine rings is 1. The van der Waals surface area contributed by atoms with Gasteiger partial charge in [-0.3, -0.25) is 9.69 Å². The molecule has 0 saturated heterocycles. The second kappa shape index (κ2) is 5.29. The fourth-order valence-electron chi connectivity index (χ4n) is 3.20. The lowest BCUT2D eigenvalue weighted by Crippen LogP contribution is -2.54. The van der Waals surface area contributed by atoms with Gasteiger partial charge in [0.1, 0.15) is 5.82 Å². The summed E-state index contributed by atoms with van der Waals surface area (Å²) in [6, 6.07) is 3.56. The highest BCUT2D eigenvalue weighted by Crippen LogP contribution is 2.38. The molecule has 0 radical (unpaired) electrons. The molecule has 1 aliphatic rings. The zero-order chi connectivity index (χ0) is 14.0. The first-order chi connectivity index (χ1) is 8.97. The van der Waals surface area contributed by atoms with E-state index in [-0.39, 0.29) is 5.78 Å². The van der Waals surface area contributed by atoms with Crippen molar-refractivity contribution in [3.05, 3.63) is 23.9 Å². The summed E-state index contributed by atoms with van der Waals surface area (Å²) in [5.41, 5.74) is 6.01. The van der Waals surface area contributed by atoms with Gasteiger partial charge in [-0.25, -0.2) is 4.98 Å². The highest BCUT2D eigenvalue weighted by molar-refractivity contribution is 6.06. The SMILES string of the molecule is CC1CCCC(C(=O)c2cccnc2N)(N(C)C)C1. The third kappa shape index (κ3) is 2.50. The molecule has 1 saturated carbocycles. The average Bonchev–Trinajstić information content (AvgIpc) is 2.38. The van der Waals surface area contributed by atoms with Crippen molar-refractivity contribution in [3.8, 4) is 0 Å². The normalized spacial score (nSPS) is 27.5. The molecule has 1 aliphatic carbocycles. The number of nitrogen functional groups attached to an aromatic ring is 1. The van der Waals surface area contributed by atoms with Gasteiger partial charge in [0.05, 0.1) is 11.1 Å². The molecule has 1 fully saturated rings. The van der Waals surface area contributed by atoms with Crippen molar-refractivity contribution in [2.24, 2.45) is 5.92 Å². The van der Waals surface area contributed by atoms with Crippen LogP contribution < -0.4 is 5.73 Å². The number of ketones is 1. The van der Waals surface area contributed by atoms with Crippen molar-refractivity contribution in [3.63, 3.8) is 0 Å². The predicted molar refractivity (Wildman–Crippen MR) is 77.0 cm³/mol. The van der Waals surface area contributed by atoms with E-state index in [1.54, 1.807) is 18.3 Å². The Hall–Kier alpha value is -1.42. The van der Waals surface area contributed by atoms with E-state index in [9.17, 15) is 4.79 Å². The van der Waals surface area contributed by atoms with Crippen LogP contribution in [0.2, 0.25) is 0 Å². The minimum Gasteiger partial charge on any atom is -0.383 e. The summed E-state index contributed by atoms with van der Waals surface area (Å²) in [7, 11) is 3.98. The van der Waals surface area contributed by atoms with Gasteiger partial charge in [-0.15, -0.1) is 0 Å². The smallest absolute Gasteiger partial charge is 0.186 e. The van der Waals surface area contributed by atoms with E-state index in [2.05, 4.69) is 16.8 Å². The van der Waals surface area contributed by atoms with Crippen LogP contribution in [0.4, 0.5) is 5.82 Å². The number of nitrogens with zero attached hydrogens (tertiary/aromatic N) is 2. The number of aromatic nitrogens is 1. The van der Waals surface area contributed by atoms with Gasteiger partial charge >= 0.3 is 0 Å². The number of carbonyl (C=O) groups excluding carboxylic acids is 1. The lowest BCUT2D eigenvalue weighted by Gasteiger charge is -2.43. The van der Waals surface area contributed by atoms with E-state index in [1.807, 2.05) is 14.1 Å². The van der Waals surface area contributed by atoms with E-state index in [0.29, 0.717) is 17.3 Å². The topological polar surface area (TPSA) is 59.2 Å². The van der Waals surface area contributed by atoms with Gasteiger partial charge in [0, 0.05) is 6.20 Å². The molecule has 4 heteroatoms. The Labute approximate surface area is 115 Å². The van der Waals surface area contributed by atoms with Crippen LogP contribution in [0.5, 0.6) is 0 Å². The summed E-state index contributed by atoms with van der Waals surface area (Å²) in [6.45, 7) is 2.22. The molecule has 0 bridgehead atoms. The first kappa shape index (κ1) is 14.0. The number of carbonyl (C=O) groups is 1. The summed E-state index contributed by atoms with van der Waals surface area (Å²) in [4.78, 5) is 19.1. The highest BCUT2D eigenvalue weighted by Gasteiger charge is 2.44. The standard InChI is InChI=1S/C15H23N3O/c1-11-6-4-8-15(10-11,18(2)3)13(19)12-7-5-9-17-14(12)16/h5,7,9,11H,4,6,8,10H2,1-3H3,(H2,16,17). The van der Waals surface area contributed by atoms with Gasteiger partial charge in [-0.05, 0) is 45.0 Å². The molecular formula is C15H23N3O. The predicted octanol–water partition coefficient (Wildman–Crippen LogP) is 2.36. The number of rotatable bonds is 3. The van der Waals surface area contributed by atoms with Crippen LogP contribution in [0.1, 0.15) is 43.0 Å². The molecule has 2 unspecified atom stereocenters. The van der Waals surface area contributed by atoms with E-state index in [1.165, 1.54) is 6.42 Å². The number of hydrogen-bond acceptors (Lipinski definition) is 4. The molecule has 0 aliphatic heterocycles. The number of Topliss-reactive ketones (excluding diaryl/α,β-unsaturated/α-hetero) is 1. The van der Waals surface area contributed by atoms with Crippen LogP contribution in [0.15, 0.2) is 18.3 Å². The first-order valence-corrected chi connectivity index (χ1v) is 6.90. The van der Waals surface area contributed by atoms with Crippen LogP contribution in [-0.4, -0.2) is 35.3 Å². The Balaban J connectivity index is 2.40. The van der Waals surface area contributed by atoms with Crippen molar-refractivity contribution in [1.29, 1.82) is 0 Å². The molecule has 0 aromatic carbocycles. The molecule has 0 amide bonds. The number of nitrogens with two attached hydrogens (primary N) is 1. The summed E-state index contributed by atoms with van der Waals surface area (Å²) in [5, 5.41) is 0. The van der Waals surface area contributed by atoms with Crippen molar-refractivity contribution >= 4 is 11.6 Å². The Morgan fingerprint density at radius 3 is 2.84 bits per heavy atom. The number of anilines is 1. The van der Waals surface area contributed by atoms with Gasteiger partial charge in [0.25, 0.3) is 0 Å². The molecule has 104 valence electrons. The van der Waals surface area contributed by atoms with Gasteiger partial charge in [-0.1, -0.05) is 19.8 Å². The Bertz CT molecular complexity index is 472. The molecule has 2 N–H and O–H groups in total. The van der Waals surface area contributed by atoms with Crippen LogP contribution in [0.25, 0.3) is 0 Å². The van der Waals surface area contributed by atoms with Crippen molar-refractivity contribution < 1.29 is 4.79 Å². The molecule has 2 rings (SSSR count). The zero-order valence-corrected chi connectivity index (χ0v) is 12.0. The van der Waals surface area contributed by atoms with E-state index < -0.39 is 5.54 Å². The van der Waals surface area contributed by atoms with E-state index in [4.69, 9.17) is 5.73 Å². The second-order valence-corrected chi connectivity index (χ2v) is 5.89. The Morgan fingerprint density at radius 1 is 1.53 bits per heavy atom. The monoisotopic (exact) mass is 261 g/mol. The molecule has 1 heterocycles. The minimum absolute atomic E-state index is 0.120. The lowest BCUT2D eigenvalue weighted by molar-refractivity contribution is 0.0487. The van der Waals surface area contributed by atoms with Gasteiger partial charge < -0.3 is 5.73 Å². The van der Waals surface area contributed by atoms with Gasteiger partial charge in [0.15, 0.2) is 5.78 Å². The quantitative estimate of drug-likeness (QED) is 0.849. The van der Waals surface area contributed by atoms with Crippen LogP contribution >= 0.6 is 0 Å². The third-order valence-corrected chi connectivity index (χ3v) is 4.34. The molecule has 1 aromatic heterocycles. The number of likely N-dealkylation sites (N-methyl/N-ethyl adjacent to an activating group) is 1. The van der Waals surface area contributed by atoms with Gasteiger partial charge in [0.2, 0.25) is 0 Å².